The maximum Gasteiger partial charge on any atom is 0.387 e. The molecule has 2 N–H and O–H groups in total. The number of primary amides is 1. The number of nitrogens with two attached hydrogens (primary N) is 1. The third kappa shape index (κ3) is 4.89. The summed E-state index contributed by atoms with van der Waals surface area (Å²) in [7, 11) is 3.12. The zero-order valence-corrected chi connectivity index (χ0v) is 18.4. The highest BCUT2D eigenvalue weighted by Gasteiger charge is 2.45. The molecule has 2 aromatic carbocycles. The van der Waals surface area contributed by atoms with Crippen molar-refractivity contribution < 1.29 is 32.6 Å². The molecule has 0 saturated carbocycles. The number of fused-ring (bicyclic) bond motifs is 1. The number of rotatable bonds is 9. The maximum absolute atomic E-state index is 13.3. The van der Waals surface area contributed by atoms with Crippen LogP contribution >= 0.6 is 0 Å². The first-order valence-electron chi connectivity index (χ1n) is 10.2. The highest BCUT2D eigenvalue weighted by atomic mass is 19.3. The molecule has 0 aromatic heterocycles. The molecule has 0 saturated heterocycles. The standard InChI is InChI=1S/C23H24F2N3O5/c1-4-32-18-11-13(9-10-17(18)33-23(24)25)16(12-19(29)27(2)3)28-20(21(26)30)14-7-5-6-8-15(14)22(28)31/h5-7,9-11,16,20,23H,4,12H2,1-3H3,(H2,26,30). The summed E-state index contributed by atoms with van der Waals surface area (Å²) in [5.41, 5.74) is 6.62. The largest absolute Gasteiger partial charge is 0.490 e. The van der Waals surface area contributed by atoms with Gasteiger partial charge >= 0.3 is 6.61 Å². The topological polar surface area (TPSA) is 102 Å². The predicted octanol–water partition coefficient (Wildman–Crippen LogP) is 2.69. The summed E-state index contributed by atoms with van der Waals surface area (Å²) in [6.07, 6.45) is -0.183. The van der Waals surface area contributed by atoms with E-state index in [1.54, 1.807) is 39.2 Å². The number of alkyl halides is 2. The molecule has 3 rings (SSSR count). The number of halogens is 2. The summed E-state index contributed by atoms with van der Waals surface area (Å²) in [4.78, 5) is 41.0. The number of ether oxygens (including phenoxy) is 2. The molecule has 2 unspecified atom stereocenters. The van der Waals surface area contributed by atoms with E-state index in [9.17, 15) is 23.2 Å². The van der Waals surface area contributed by atoms with Gasteiger partial charge in [-0.2, -0.15) is 8.78 Å². The third-order valence-electron chi connectivity index (χ3n) is 5.25. The van der Waals surface area contributed by atoms with Gasteiger partial charge in [0.2, 0.25) is 11.8 Å². The second kappa shape index (κ2) is 9.85. The minimum absolute atomic E-state index is 0.0175. The molecule has 0 spiro atoms. The van der Waals surface area contributed by atoms with Gasteiger partial charge in [0, 0.05) is 14.1 Å². The van der Waals surface area contributed by atoms with Crippen LogP contribution in [0.1, 0.15) is 46.9 Å². The average Bonchev–Trinajstić information content (AvgIpc) is 3.05. The van der Waals surface area contributed by atoms with Crippen LogP contribution in [0.25, 0.3) is 0 Å². The molecule has 1 aliphatic rings. The zero-order chi connectivity index (χ0) is 24.3. The van der Waals surface area contributed by atoms with Gasteiger partial charge in [0.25, 0.3) is 5.91 Å². The van der Waals surface area contributed by atoms with E-state index in [-0.39, 0.29) is 36.0 Å². The van der Waals surface area contributed by atoms with Crippen molar-refractivity contribution in [3.63, 3.8) is 0 Å². The lowest BCUT2D eigenvalue weighted by atomic mass is 9.98. The van der Waals surface area contributed by atoms with E-state index in [1.165, 1.54) is 28.0 Å². The number of amides is 3. The van der Waals surface area contributed by atoms with E-state index in [1.807, 2.05) is 0 Å². The van der Waals surface area contributed by atoms with Crippen molar-refractivity contribution in [3.05, 3.63) is 59.2 Å². The second-order valence-electron chi connectivity index (χ2n) is 7.54. The summed E-state index contributed by atoms with van der Waals surface area (Å²) in [6, 6.07) is 9.70. The fraction of sp³-hybridized carbons (Fsp3) is 0.348. The van der Waals surface area contributed by atoms with Gasteiger partial charge in [0.15, 0.2) is 11.5 Å². The van der Waals surface area contributed by atoms with Crippen LogP contribution in [0.3, 0.4) is 0 Å². The number of carbonyl (C=O) groups is 3. The summed E-state index contributed by atoms with van der Waals surface area (Å²) in [6.45, 7) is -1.23. The lowest BCUT2D eigenvalue weighted by Crippen LogP contribution is -2.40. The van der Waals surface area contributed by atoms with Gasteiger partial charge in [-0.25, -0.2) is 0 Å². The Kier molecular flexibility index (Phi) is 7.15. The molecule has 0 fully saturated rings. The van der Waals surface area contributed by atoms with Crippen LogP contribution in [0.2, 0.25) is 0 Å². The highest BCUT2D eigenvalue weighted by molar-refractivity contribution is 6.04. The number of benzene rings is 2. The Hall–Kier alpha value is -3.69. The number of hydrogen-bond donors (Lipinski definition) is 1. The fourth-order valence-corrected chi connectivity index (χ4v) is 3.79. The zero-order valence-electron chi connectivity index (χ0n) is 18.4. The monoisotopic (exact) mass is 460 g/mol. The lowest BCUT2D eigenvalue weighted by Gasteiger charge is -2.33. The third-order valence-corrected chi connectivity index (χ3v) is 5.25. The molecule has 0 aliphatic carbocycles. The van der Waals surface area contributed by atoms with Crippen LogP contribution in [0.4, 0.5) is 8.78 Å². The van der Waals surface area contributed by atoms with Crippen molar-refractivity contribution in [1.29, 1.82) is 0 Å². The fourth-order valence-electron chi connectivity index (χ4n) is 3.79. The first-order valence-corrected chi connectivity index (χ1v) is 10.2. The normalized spacial score (nSPS) is 15.9. The van der Waals surface area contributed by atoms with E-state index in [2.05, 4.69) is 10.8 Å². The Morgan fingerprint density at radius 1 is 1.24 bits per heavy atom. The summed E-state index contributed by atoms with van der Waals surface area (Å²) >= 11 is 0. The van der Waals surface area contributed by atoms with E-state index < -0.39 is 30.5 Å². The predicted molar refractivity (Wildman–Crippen MR) is 114 cm³/mol. The number of hydrogen-bond acceptors (Lipinski definition) is 5. The molecule has 2 atom stereocenters. The van der Waals surface area contributed by atoms with Crippen LogP contribution in [0.5, 0.6) is 11.5 Å². The smallest absolute Gasteiger partial charge is 0.387 e. The maximum atomic E-state index is 13.3. The first kappa shape index (κ1) is 24.0. The molecule has 1 radical (unpaired) electrons. The molecule has 3 amide bonds. The van der Waals surface area contributed by atoms with E-state index >= 15 is 0 Å². The number of nitrogens with zero attached hydrogens (tertiary/aromatic N) is 2. The minimum Gasteiger partial charge on any atom is -0.490 e. The van der Waals surface area contributed by atoms with Crippen molar-refractivity contribution in [2.24, 2.45) is 5.73 Å². The quantitative estimate of drug-likeness (QED) is 0.620. The molecule has 10 heteroatoms. The molecular formula is C23H24F2N3O5. The molecule has 175 valence electrons. The van der Waals surface area contributed by atoms with Gasteiger partial charge in [-0.05, 0) is 36.2 Å². The van der Waals surface area contributed by atoms with E-state index in [0.29, 0.717) is 11.1 Å². The van der Waals surface area contributed by atoms with Crippen LogP contribution in [-0.4, -0.2) is 54.8 Å². The lowest BCUT2D eigenvalue weighted by molar-refractivity contribution is -0.131. The molecular weight excluding hydrogens is 436 g/mol. The van der Waals surface area contributed by atoms with Crippen molar-refractivity contribution in [2.45, 2.75) is 32.0 Å². The summed E-state index contributed by atoms with van der Waals surface area (Å²) < 4.78 is 35.6. The minimum atomic E-state index is -3.06. The van der Waals surface area contributed by atoms with Crippen molar-refractivity contribution in [2.75, 3.05) is 20.7 Å². The summed E-state index contributed by atoms with van der Waals surface area (Å²) in [5.74, 6) is -1.78. The van der Waals surface area contributed by atoms with Crippen molar-refractivity contribution in [1.82, 2.24) is 9.80 Å². The molecule has 8 nitrogen and oxygen atoms in total. The highest BCUT2D eigenvalue weighted by Crippen LogP contribution is 2.43. The van der Waals surface area contributed by atoms with Gasteiger partial charge in [-0.15, -0.1) is 0 Å². The molecule has 2 aromatic rings. The second-order valence-corrected chi connectivity index (χ2v) is 7.54. The number of carbonyl (C=O) groups excluding carboxylic acids is 3. The first-order chi connectivity index (χ1) is 15.6. The Morgan fingerprint density at radius 3 is 2.58 bits per heavy atom. The van der Waals surface area contributed by atoms with E-state index in [0.717, 1.165) is 0 Å². The average molecular weight is 460 g/mol. The van der Waals surface area contributed by atoms with Gasteiger partial charge in [0.05, 0.1) is 24.6 Å². The van der Waals surface area contributed by atoms with Crippen molar-refractivity contribution >= 4 is 17.7 Å². The molecule has 1 aliphatic heterocycles. The Balaban J connectivity index is 2.13. The van der Waals surface area contributed by atoms with Crippen LogP contribution in [0.15, 0.2) is 36.4 Å². The van der Waals surface area contributed by atoms with Gasteiger partial charge in [-0.1, -0.05) is 24.3 Å². The van der Waals surface area contributed by atoms with Gasteiger partial charge < -0.3 is 25.0 Å². The Labute approximate surface area is 189 Å². The van der Waals surface area contributed by atoms with Crippen LogP contribution < -0.4 is 15.2 Å². The van der Waals surface area contributed by atoms with Gasteiger partial charge in [0.1, 0.15) is 6.04 Å². The van der Waals surface area contributed by atoms with Crippen molar-refractivity contribution in [3.8, 4) is 11.5 Å². The SMILES string of the molecule is CCOc1cc(C(CC(=O)N(C)C)N2C(=O)c3[c]cccc3C2C(N)=O)ccc1OC(F)F. The van der Waals surface area contributed by atoms with Crippen LogP contribution in [0, 0.1) is 6.07 Å². The van der Waals surface area contributed by atoms with E-state index in [4.69, 9.17) is 10.5 Å². The molecule has 1 heterocycles. The molecule has 33 heavy (non-hydrogen) atoms. The Bertz CT molecular complexity index is 1060. The summed E-state index contributed by atoms with van der Waals surface area (Å²) in [5, 5.41) is 0. The Morgan fingerprint density at radius 2 is 1.97 bits per heavy atom. The van der Waals surface area contributed by atoms with Crippen LogP contribution in [-0.2, 0) is 9.59 Å². The van der Waals surface area contributed by atoms with Gasteiger partial charge in [-0.3, -0.25) is 14.4 Å². The molecule has 0 bridgehead atoms.